The van der Waals surface area contributed by atoms with Crippen LogP contribution < -0.4 is 0 Å². The third-order valence-corrected chi connectivity index (χ3v) is 2.81. The number of halogens is 1. The summed E-state index contributed by atoms with van der Waals surface area (Å²) < 4.78 is 0.834. The molecule has 88 valence electrons. The van der Waals surface area contributed by atoms with Crippen LogP contribution in [0.25, 0.3) is 11.3 Å². The van der Waals surface area contributed by atoms with E-state index in [4.69, 9.17) is 0 Å². The molecule has 0 amide bonds. The van der Waals surface area contributed by atoms with Gasteiger partial charge in [-0.2, -0.15) is 0 Å². The minimum Gasteiger partial charge on any atom is -0.262 e. The average molecular weight is 292 g/mol. The molecule has 0 N–H and O–H groups in total. The van der Waals surface area contributed by atoms with Crippen molar-refractivity contribution in [1.82, 2.24) is 15.0 Å². The highest BCUT2D eigenvalue weighted by molar-refractivity contribution is 9.10. The lowest BCUT2D eigenvalue weighted by Crippen LogP contribution is -1.97. The molecular formula is C13H14BrN3. The van der Waals surface area contributed by atoms with Gasteiger partial charge in [-0.3, -0.25) is 4.98 Å². The third kappa shape index (κ3) is 3.09. The van der Waals surface area contributed by atoms with E-state index in [1.165, 1.54) is 0 Å². The van der Waals surface area contributed by atoms with Crippen LogP contribution in [0.1, 0.15) is 24.9 Å². The molecule has 0 unspecified atom stereocenters. The predicted molar refractivity (Wildman–Crippen MR) is 71.7 cm³/mol. The first-order valence-corrected chi connectivity index (χ1v) is 6.45. The Hall–Kier alpha value is -1.29. The Morgan fingerprint density at radius 2 is 2.06 bits per heavy atom. The first-order valence-electron chi connectivity index (χ1n) is 5.65. The second-order valence-corrected chi connectivity index (χ2v) is 4.74. The van der Waals surface area contributed by atoms with Crippen LogP contribution in [0.4, 0.5) is 0 Å². The summed E-state index contributed by atoms with van der Waals surface area (Å²) in [5.74, 6) is 0.881. The molecule has 0 radical (unpaired) electrons. The molecule has 0 fully saturated rings. The second-order valence-electron chi connectivity index (χ2n) is 3.93. The van der Waals surface area contributed by atoms with E-state index in [-0.39, 0.29) is 0 Å². The predicted octanol–water partition coefficient (Wildman–Crippen LogP) is 3.56. The highest BCUT2D eigenvalue weighted by Gasteiger charge is 2.05. The molecule has 0 saturated carbocycles. The maximum atomic E-state index is 4.57. The summed E-state index contributed by atoms with van der Waals surface area (Å²) in [5, 5.41) is 0. The van der Waals surface area contributed by atoms with E-state index in [1.807, 2.05) is 25.1 Å². The number of aryl methyl sites for hydroxylation is 2. The second kappa shape index (κ2) is 5.36. The van der Waals surface area contributed by atoms with Gasteiger partial charge in [0.15, 0.2) is 0 Å². The van der Waals surface area contributed by atoms with Gasteiger partial charge in [0.25, 0.3) is 0 Å². The quantitative estimate of drug-likeness (QED) is 0.812. The van der Waals surface area contributed by atoms with Crippen LogP contribution in [0, 0.1) is 6.92 Å². The van der Waals surface area contributed by atoms with Gasteiger partial charge in [-0.1, -0.05) is 6.92 Å². The van der Waals surface area contributed by atoms with E-state index >= 15 is 0 Å². The van der Waals surface area contributed by atoms with E-state index in [2.05, 4.69) is 37.8 Å². The van der Waals surface area contributed by atoms with Crippen molar-refractivity contribution < 1.29 is 0 Å². The lowest BCUT2D eigenvalue weighted by atomic mass is 10.1. The Kier molecular flexibility index (Phi) is 3.84. The van der Waals surface area contributed by atoms with E-state index in [0.29, 0.717) is 0 Å². The van der Waals surface area contributed by atoms with Gasteiger partial charge in [0.2, 0.25) is 0 Å². The molecule has 0 aliphatic carbocycles. The van der Waals surface area contributed by atoms with E-state index < -0.39 is 0 Å². The van der Waals surface area contributed by atoms with Crippen LogP contribution in [-0.4, -0.2) is 15.0 Å². The molecule has 4 heteroatoms. The van der Waals surface area contributed by atoms with E-state index in [1.54, 1.807) is 6.20 Å². The van der Waals surface area contributed by atoms with Crippen LogP contribution in [0.2, 0.25) is 0 Å². The van der Waals surface area contributed by atoms with Crippen LogP contribution in [0.15, 0.2) is 29.0 Å². The van der Waals surface area contributed by atoms with Crippen LogP contribution in [-0.2, 0) is 6.42 Å². The zero-order valence-electron chi connectivity index (χ0n) is 9.94. The SMILES string of the molecule is CCCc1nc(Br)cc(-c2ccnc(C)c2)n1. The summed E-state index contributed by atoms with van der Waals surface area (Å²) in [7, 11) is 0. The van der Waals surface area contributed by atoms with Crippen molar-refractivity contribution in [1.29, 1.82) is 0 Å². The topological polar surface area (TPSA) is 38.7 Å². The molecule has 2 heterocycles. The van der Waals surface area contributed by atoms with Crippen LogP contribution >= 0.6 is 15.9 Å². The van der Waals surface area contributed by atoms with Crippen molar-refractivity contribution in [2.24, 2.45) is 0 Å². The minimum absolute atomic E-state index is 0.834. The Labute approximate surface area is 109 Å². The summed E-state index contributed by atoms with van der Waals surface area (Å²) in [5.41, 5.74) is 3.02. The fourth-order valence-corrected chi connectivity index (χ4v) is 2.07. The molecule has 2 aromatic rings. The van der Waals surface area contributed by atoms with Crippen molar-refractivity contribution in [2.45, 2.75) is 26.7 Å². The minimum atomic E-state index is 0.834. The van der Waals surface area contributed by atoms with Crippen molar-refractivity contribution in [3.05, 3.63) is 40.5 Å². The standard InChI is InChI=1S/C13H14BrN3/c1-3-4-13-16-11(8-12(14)17-13)10-5-6-15-9(2)7-10/h5-8H,3-4H2,1-2H3. The van der Waals surface area contributed by atoms with Crippen molar-refractivity contribution >= 4 is 15.9 Å². The highest BCUT2D eigenvalue weighted by Crippen LogP contribution is 2.20. The van der Waals surface area contributed by atoms with Crippen molar-refractivity contribution in [3.8, 4) is 11.3 Å². The normalized spacial score (nSPS) is 10.5. The summed E-state index contributed by atoms with van der Waals surface area (Å²) in [4.78, 5) is 13.1. The van der Waals surface area contributed by atoms with Gasteiger partial charge >= 0.3 is 0 Å². The zero-order chi connectivity index (χ0) is 12.3. The third-order valence-electron chi connectivity index (χ3n) is 2.41. The first kappa shape index (κ1) is 12.2. The number of pyridine rings is 1. The van der Waals surface area contributed by atoms with E-state index in [0.717, 1.165) is 40.2 Å². The summed E-state index contributed by atoms with van der Waals surface area (Å²) in [6.07, 6.45) is 3.75. The molecule has 0 aliphatic heterocycles. The number of rotatable bonds is 3. The Morgan fingerprint density at radius 1 is 1.24 bits per heavy atom. The first-order chi connectivity index (χ1) is 8.19. The zero-order valence-corrected chi connectivity index (χ0v) is 11.5. The summed E-state index contributed by atoms with van der Waals surface area (Å²) in [6, 6.07) is 5.94. The van der Waals surface area contributed by atoms with Gasteiger partial charge in [0, 0.05) is 23.9 Å². The summed E-state index contributed by atoms with van der Waals surface area (Å²) in [6.45, 7) is 4.10. The number of nitrogens with zero attached hydrogens (tertiary/aromatic N) is 3. The van der Waals surface area contributed by atoms with Crippen molar-refractivity contribution in [3.63, 3.8) is 0 Å². The molecule has 0 atom stereocenters. The number of aromatic nitrogens is 3. The van der Waals surface area contributed by atoms with E-state index in [9.17, 15) is 0 Å². The molecule has 0 spiro atoms. The fourth-order valence-electron chi connectivity index (χ4n) is 1.65. The van der Waals surface area contributed by atoms with Crippen LogP contribution in [0.5, 0.6) is 0 Å². The van der Waals surface area contributed by atoms with Gasteiger partial charge in [-0.15, -0.1) is 0 Å². The molecule has 0 bridgehead atoms. The smallest absolute Gasteiger partial charge is 0.130 e. The number of hydrogen-bond acceptors (Lipinski definition) is 3. The van der Waals surface area contributed by atoms with Gasteiger partial charge in [-0.25, -0.2) is 9.97 Å². The molecule has 2 aromatic heterocycles. The molecule has 3 nitrogen and oxygen atoms in total. The Balaban J connectivity index is 2.44. The molecule has 0 aromatic carbocycles. The monoisotopic (exact) mass is 291 g/mol. The maximum Gasteiger partial charge on any atom is 0.130 e. The average Bonchev–Trinajstić information content (AvgIpc) is 2.28. The van der Waals surface area contributed by atoms with Gasteiger partial charge in [0.1, 0.15) is 10.4 Å². The number of hydrogen-bond donors (Lipinski definition) is 0. The van der Waals surface area contributed by atoms with Gasteiger partial charge in [-0.05, 0) is 47.5 Å². The molecule has 17 heavy (non-hydrogen) atoms. The molecular weight excluding hydrogens is 278 g/mol. The molecule has 0 saturated heterocycles. The van der Waals surface area contributed by atoms with Crippen LogP contribution in [0.3, 0.4) is 0 Å². The maximum absolute atomic E-state index is 4.57. The summed E-state index contributed by atoms with van der Waals surface area (Å²) >= 11 is 3.43. The largest absolute Gasteiger partial charge is 0.262 e. The van der Waals surface area contributed by atoms with Gasteiger partial charge in [0.05, 0.1) is 5.69 Å². The highest BCUT2D eigenvalue weighted by atomic mass is 79.9. The Morgan fingerprint density at radius 3 is 2.76 bits per heavy atom. The molecule has 2 rings (SSSR count). The van der Waals surface area contributed by atoms with Crippen molar-refractivity contribution in [2.75, 3.05) is 0 Å². The lowest BCUT2D eigenvalue weighted by Gasteiger charge is -2.05. The lowest BCUT2D eigenvalue weighted by molar-refractivity contribution is 0.831. The van der Waals surface area contributed by atoms with Gasteiger partial charge < -0.3 is 0 Å². The fraction of sp³-hybridized carbons (Fsp3) is 0.308. The Bertz CT molecular complexity index is 526. The molecule has 0 aliphatic rings.